The zero-order valence-corrected chi connectivity index (χ0v) is 44.6. The van der Waals surface area contributed by atoms with Crippen molar-refractivity contribution in [1.82, 2.24) is 0 Å². The fourth-order valence-electron chi connectivity index (χ4n) is 10.5. The Hall–Kier alpha value is -8.28. The summed E-state index contributed by atoms with van der Waals surface area (Å²) >= 11 is 0. The SMILES string of the molecule is O=PC(c1ccccc1)(c1ccccc1)c1cc(C#CC#Cc2cc(C(P=O)(c3ccccc3)c3ccccc3)cc(C(P=O)(c3ccccc3)c3ccccc3)c2)cc(C(P=O)(c2ccccc2)c2ccccc2)c1. The standard InChI is InChI=1S/C68H46O4P4/c69-73-65(53-29-9-1-10-30-53,54-31-11-2-12-32-54)61-45-51(46-62(49-61)66(74-70,55-33-13-3-14-34-55)56-35-15-4-16-36-56)27-25-26-28-52-47-63(67(75-71,57-37-17-5-18-38-57)58-39-19-6-20-40-58)50-64(48-52)68(76-72,59-41-21-7-22-42-59)60-43-23-8-24-44-60/h1-24,29-50H. The largest absolute Gasteiger partial charge is 0.273 e. The highest BCUT2D eigenvalue weighted by molar-refractivity contribution is 7.27. The lowest BCUT2D eigenvalue weighted by molar-refractivity contribution is 0.584. The van der Waals surface area contributed by atoms with Crippen LogP contribution in [0.25, 0.3) is 0 Å². The summed E-state index contributed by atoms with van der Waals surface area (Å²) in [4.78, 5) is 0. The van der Waals surface area contributed by atoms with E-state index in [1.54, 1.807) is 0 Å². The summed E-state index contributed by atoms with van der Waals surface area (Å²) in [6.45, 7) is 0. The Morgan fingerprint density at radius 1 is 0.211 bits per heavy atom. The smallest absolute Gasteiger partial charge is 0.176 e. The number of hydrogen-bond donors (Lipinski definition) is 0. The summed E-state index contributed by atoms with van der Waals surface area (Å²) < 4.78 is 57.1. The van der Waals surface area contributed by atoms with Gasteiger partial charge in [0.05, 0.1) is 0 Å². The molecule has 0 aliphatic heterocycles. The third-order valence-corrected chi connectivity index (χ3v) is 18.3. The molecule has 76 heavy (non-hydrogen) atoms. The first kappa shape index (κ1) is 51.2. The van der Waals surface area contributed by atoms with Crippen LogP contribution in [-0.2, 0) is 38.9 Å². The van der Waals surface area contributed by atoms with Gasteiger partial charge in [-0.1, -0.05) is 267 Å². The molecule has 0 saturated carbocycles. The van der Waals surface area contributed by atoms with Gasteiger partial charge in [0.1, 0.15) is 20.6 Å². The fourth-order valence-corrected chi connectivity index (χ4v) is 13.5. The molecule has 8 heteroatoms. The van der Waals surface area contributed by atoms with Crippen molar-refractivity contribution in [3.05, 3.63) is 357 Å². The topological polar surface area (TPSA) is 68.3 Å². The van der Waals surface area contributed by atoms with E-state index in [2.05, 4.69) is 23.7 Å². The third-order valence-electron chi connectivity index (χ3n) is 14.1. The Balaban J connectivity index is 1.23. The van der Waals surface area contributed by atoms with Crippen molar-refractivity contribution < 1.29 is 18.3 Å². The van der Waals surface area contributed by atoms with Crippen LogP contribution < -0.4 is 0 Å². The zero-order chi connectivity index (χ0) is 52.3. The van der Waals surface area contributed by atoms with Crippen LogP contribution in [0, 0.1) is 23.7 Å². The lowest BCUT2D eigenvalue weighted by Crippen LogP contribution is -2.26. The minimum atomic E-state index is -1.20. The van der Waals surface area contributed by atoms with Crippen molar-refractivity contribution >= 4 is 33.8 Å². The van der Waals surface area contributed by atoms with Crippen molar-refractivity contribution in [2.75, 3.05) is 0 Å². The first-order valence-electron chi connectivity index (χ1n) is 24.6. The molecule has 0 aromatic heterocycles. The molecule has 10 rings (SSSR count). The summed E-state index contributed by atoms with van der Waals surface area (Å²) in [5.74, 6) is 13.1. The molecule has 0 bridgehead atoms. The van der Waals surface area contributed by atoms with Gasteiger partial charge in [-0.15, -0.1) is 0 Å². The Morgan fingerprint density at radius 3 is 0.513 bits per heavy atom. The Labute approximate surface area is 450 Å². The van der Waals surface area contributed by atoms with Gasteiger partial charge < -0.3 is 0 Å². The first-order valence-corrected chi connectivity index (χ1v) is 27.9. The summed E-state index contributed by atoms with van der Waals surface area (Å²) in [6, 6.07) is 90.0. The molecule has 0 aliphatic rings. The molecule has 0 aliphatic carbocycles. The van der Waals surface area contributed by atoms with E-state index in [4.69, 9.17) is 0 Å². The van der Waals surface area contributed by atoms with Gasteiger partial charge in [0, 0.05) is 11.1 Å². The van der Waals surface area contributed by atoms with Crippen molar-refractivity contribution in [3.8, 4) is 23.7 Å². The van der Waals surface area contributed by atoms with Crippen LogP contribution in [0.2, 0.25) is 0 Å². The molecule has 10 aromatic carbocycles. The lowest BCUT2D eigenvalue weighted by Gasteiger charge is -2.33. The van der Waals surface area contributed by atoms with Crippen molar-refractivity contribution in [2.45, 2.75) is 20.6 Å². The van der Waals surface area contributed by atoms with Gasteiger partial charge in [-0.05, 0) is 103 Å². The van der Waals surface area contributed by atoms with Gasteiger partial charge in [-0.2, -0.15) is 0 Å². The highest BCUT2D eigenvalue weighted by atomic mass is 31.1. The van der Waals surface area contributed by atoms with E-state index in [1.807, 2.05) is 279 Å². The van der Waals surface area contributed by atoms with Crippen molar-refractivity contribution in [1.29, 1.82) is 0 Å². The maximum absolute atomic E-state index is 14.3. The number of benzene rings is 10. The van der Waals surface area contributed by atoms with Gasteiger partial charge in [0.2, 0.25) is 0 Å². The molecule has 0 N–H and O–H groups in total. The highest BCUT2D eigenvalue weighted by Gasteiger charge is 2.44. The van der Waals surface area contributed by atoms with E-state index in [0.717, 1.165) is 44.5 Å². The highest BCUT2D eigenvalue weighted by Crippen LogP contribution is 2.54. The van der Waals surface area contributed by atoms with Crippen LogP contribution in [0.15, 0.2) is 279 Å². The van der Waals surface area contributed by atoms with Gasteiger partial charge >= 0.3 is 0 Å². The molecule has 0 unspecified atom stereocenters. The van der Waals surface area contributed by atoms with Gasteiger partial charge in [-0.25, -0.2) is 0 Å². The second-order valence-electron chi connectivity index (χ2n) is 18.2. The second kappa shape index (κ2) is 23.1. The van der Waals surface area contributed by atoms with Gasteiger partial charge in [0.15, 0.2) is 33.8 Å². The molecule has 10 aromatic rings. The summed E-state index contributed by atoms with van der Waals surface area (Å²) in [6.07, 6.45) is 0. The molecule has 0 heterocycles. The number of hydrogen-bond acceptors (Lipinski definition) is 4. The minimum absolute atomic E-state index is 0.191. The van der Waals surface area contributed by atoms with Crippen LogP contribution >= 0.6 is 33.8 Å². The van der Waals surface area contributed by atoms with E-state index < -0.39 is 20.6 Å². The average molecular weight is 1050 g/mol. The van der Waals surface area contributed by atoms with Crippen LogP contribution in [0.1, 0.15) is 77.9 Å². The van der Waals surface area contributed by atoms with E-state index in [1.165, 1.54) is 0 Å². The molecule has 0 fully saturated rings. The molecular weight excluding hydrogens is 1000 g/mol. The fraction of sp³-hybridized carbons (Fsp3) is 0.0588. The van der Waals surface area contributed by atoms with Crippen LogP contribution in [0.4, 0.5) is 0 Å². The Bertz CT molecular complexity index is 3150. The molecule has 0 atom stereocenters. The quantitative estimate of drug-likeness (QED) is 0.0549. The molecule has 0 amide bonds. The summed E-state index contributed by atoms with van der Waals surface area (Å²) in [5.41, 5.74) is 10.2. The maximum Gasteiger partial charge on any atom is 0.176 e. The normalized spacial score (nSPS) is 11.8. The lowest BCUT2D eigenvalue weighted by atomic mass is 9.78. The van der Waals surface area contributed by atoms with Crippen LogP contribution in [-0.4, -0.2) is 0 Å². The van der Waals surface area contributed by atoms with Gasteiger partial charge in [0.25, 0.3) is 0 Å². The monoisotopic (exact) mass is 1050 g/mol. The van der Waals surface area contributed by atoms with Crippen LogP contribution in [0.5, 0.6) is 0 Å². The second-order valence-corrected chi connectivity index (χ2v) is 21.6. The predicted octanol–water partition coefficient (Wildman–Crippen LogP) is 17.4. The van der Waals surface area contributed by atoms with E-state index >= 15 is 0 Å². The zero-order valence-electron chi connectivity index (χ0n) is 41.0. The van der Waals surface area contributed by atoms with Crippen LogP contribution in [0.3, 0.4) is 0 Å². The summed E-state index contributed by atoms with van der Waals surface area (Å²) in [5, 5.41) is -4.81. The van der Waals surface area contributed by atoms with Gasteiger partial charge in [-0.3, -0.25) is 18.3 Å². The number of rotatable bonds is 16. The summed E-state index contributed by atoms with van der Waals surface area (Å²) in [7, 11) is -0.763. The Morgan fingerprint density at radius 2 is 0.368 bits per heavy atom. The van der Waals surface area contributed by atoms with E-state index in [9.17, 15) is 18.3 Å². The third kappa shape index (κ3) is 9.45. The minimum Gasteiger partial charge on any atom is -0.273 e. The average Bonchev–Trinajstić information content (AvgIpc) is 3.50. The maximum atomic E-state index is 14.3. The Kier molecular flexibility index (Phi) is 15.6. The van der Waals surface area contributed by atoms with E-state index in [-0.39, 0.29) is 33.8 Å². The molecule has 362 valence electrons. The predicted molar refractivity (Wildman–Crippen MR) is 308 cm³/mol. The van der Waals surface area contributed by atoms with Crippen molar-refractivity contribution in [2.24, 2.45) is 0 Å². The molecule has 0 radical (unpaired) electrons. The first-order chi connectivity index (χ1) is 37.5. The van der Waals surface area contributed by atoms with E-state index in [0.29, 0.717) is 33.4 Å². The van der Waals surface area contributed by atoms with Crippen molar-refractivity contribution in [3.63, 3.8) is 0 Å². The molecule has 4 nitrogen and oxygen atoms in total. The molecular formula is C68H46O4P4. The molecule has 0 saturated heterocycles. The molecule has 0 spiro atoms.